The van der Waals surface area contributed by atoms with E-state index in [2.05, 4.69) is 34.0 Å². The molecule has 3 rings (SSSR count). The predicted octanol–water partition coefficient (Wildman–Crippen LogP) is 6.48. The number of carbonyl (C=O) groups is 1. The van der Waals surface area contributed by atoms with Crippen LogP contribution < -0.4 is 5.32 Å². The van der Waals surface area contributed by atoms with Crippen molar-refractivity contribution in [1.29, 1.82) is 5.26 Å². The number of nitrogens with zero attached hydrogens (tertiary/aromatic N) is 1. The minimum atomic E-state index is -0.570. The van der Waals surface area contributed by atoms with Crippen molar-refractivity contribution < 1.29 is 9.90 Å². The first-order chi connectivity index (χ1) is 14.2. The Labute approximate surface area is 260 Å². The van der Waals surface area contributed by atoms with Gasteiger partial charge in [0.05, 0.1) is 21.1 Å². The number of anilines is 1. The summed E-state index contributed by atoms with van der Waals surface area (Å²) in [6, 6.07) is 16.1. The molecule has 4 nitrogen and oxygen atoms in total. The van der Waals surface area contributed by atoms with Crippen molar-refractivity contribution in [2.45, 2.75) is 12.8 Å². The van der Waals surface area contributed by atoms with Gasteiger partial charge in [-0.25, -0.2) is 0 Å². The summed E-state index contributed by atoms with van der Waals surface area (Å²) in [4.78, 5) is 12.7. The molecule has 154 valence electrons. The number of nitrogens with one attached hydrogen (secondary N) is 1. The number of aromatic hydroxyl groups is 1. The molecule has 0 spiro atoms. The molecular weight excluding hydrogens is 688 g/mol. The second-order valence-electron chi connectivity index (χ2n) is 6.54. The second-order valence-corrected chi connectivity index (χ2v) is 9.79. The monoisotopic (exact) mass is 702 g/mol. The molecule has 0 heterocycles. The van der Waals surface area contributed by atoms with Crippen molar-refractivity contribution in [2.75, 3.05) is 5.32 Å². The van der Waals surface area contributed by atoms with Crippen LogP contribution in [0.15, 0.2) is 48.5 Å². The van der Waals surface area contributed by atoms with Gasteiger partial charge in [0.2, 0.25) is 0 Å². The van der Waals surface area contributed by atoms with Crippen LogP contribution in [0, 0.1) is 25.4 Å². The Balaban J connectivity index is 0.00000341. The summed E-state index contributed by atoms with van der Waals surface area (Å²) >= 11 is 16.5. The van der Waals surface area contributed by atoms with Crippen molar-refractivity contribution >= 4 is 131 Å². The zero-order chi connectivity index (χ0) is 22.0. The molecule has 0 saturated heterocycles. The van der Waals surface area contributed by atoms with E-state index < -0.39 is 11.8 Å². The van der Waals surface area contributed by atoms with Crippen LogP contribution in [-0.2, 0) is 0 Å². The van der Waals surface area contributed by atoms with E-state index in [1.807, 2.05) is 29.5 Å². The van der Waals surface area contributed by atoms with E-state index in [4.69, 9.17) is 23.2 Å². The number of nitriles is 1. The van der Waals surface area contributed by atoms with Gasteiger partial charge in [0, 0.05) is 19.3 Å². The Morgan fingerprint density at radius 1 is 1.13 bits per heavy atom. The average Bonchev–Trinajstić information content (AvgIpc) is 2.70. The van der Waals surface area contributed by atoms with E-state index in [1.165, 1.54) is 0 Å². The Morgan fingerprint density at radius 2 is 1.77 bits per heavy atom. The zero-order valence-electron chi connectivity index (χ0n) is 15.5. The molecule has 0 bridgehead atoms. The van der Waals surface area contributed by atoms with Gasteiger partial charge in [-0.15, -0.1) is 0 Å². The number of hydrogen-bond donors (Lipinski definition) is 2. The number of aryl methyl sites for hydroxylation is 1. The van der Waals surface area contributed by atoms with Gasteiger partial charge in [-0.05, 0) is 99.1 Å². The standard InChI is InChI=1S/C22H14Cl2I2N2O2.K.H/c1-11-6-15(17(10-27)12-2-4-13(23)5-3-12)18(24)9-20(11)28-22(30)16-7-14(25)8-19(26)21(16)29;;/h2-9,17,29H,1H3,(H,28,30);;. The third-order valence-corrected chi connectivity index (χ3v) is 6.53. The third-order valence-electron chi connectivity index (χ3n) is 4.51. The van der Waals surface area contributed by atoms with Crippen molar-refractivity contribution in [2.24, 2.45) is 0 Å². The van der Waals surface area contributed by atoms with Gasteiger partial charge in [-0.2, -0.15) is 5.26 Å². The van der Waals surface area contributed by atoms with Crippen LogP contribution in [0.1, 0.15) is 33.0 Å². The van der Waals surface area contributed by atoms with Gasteiger partial charge < -0.3 is 10.4 Å². The van der Waals surface area contributed by atoms with Gasteiger partial charge in [0.25, 0.3) is 5.91 Å². The molecule has 0 fully saturated rings. The fourth-order valence-corrected chi connectivity index (χ4v) is 5.21. The van der Waals surface area contributed by atoms with E-state index in [-0.39, 0.29) is 62.7 Å². The predicted molar refractivity (Wildman–Crippen MR) is 144 cm³/mol. The fraction of sp³-hybridized carbons (Fsp3) is 0.0909. The number of halogens is 4. The topological polar surface area (TPSA) is 73.1 Å². The van der Waals surface area contributed by atoms with Crippen LogP contribution in [0.2, 0.25) is 10.0 Å². The summed E-state index contributed by atoms with van der Waals surface area (Å²) in [5, 5.41) is 23.7. The van der Waals surface area contributed by atoms with Crippen molar-refractivity contribution in [3.63, 3.8) is 0 Å². The van der Waals surface area contributed by atoms with E-state index in [0.29, 0.717) is 24.9 Å². The number of phenolic OH excluding ortho intramolecular Hbond substituents is 1. The van der Waals surface area contributed by atoms with E-state index in [1.54, 1.807) is 48.5 Å². The van der Waals surface area contributed by atoms with Crippen molar-refractivity contribution in [1.82, 2.24) is 0 Å². The van der Waals surface area contributed by atoms with Crippen LogP contribution in [0.4, 0.5) is 5.69 Å². The normalized spacial score (nSPS) is 11.2. The summed E-state index contributed by atoms with van der Waals surface area (Å²) in [7, 11) is 0. The molecular formula is C22H15Cl2I2KN2O2. The molecule has 1 amide bonds. The van der Waals surface area contributed by atoms with Gasteiger partial charge in [0.15, 0.2) is 0 Å². The molecule has 0 aliphatic heterocycles. The molecule has 1 unspecified atom stereocenters. The van der Waals surface area contributed by atoms with Gasteiger partial charge >= 0.3 is 51.4 Å². The SMILES string of the molecule is Cc1cc(C(C#N)c2ccc(Cl)cc2)c(Cl)cc1NC(=O)c1cc(I)cc(I)c1O.[KH]. The summed E-state index contributed by atoms with van der Waals surface area (Å²) < 4.78 is 1.43. The van der Waals surface area contributed by atoms with Gasteiger partial charge in [-0.1, -0.05) is 41.4 Å². The van der Waals surface area contributed by atoms with Crippen LogP contribution in [-0.4, -0.2) is 62.4 Å². The fourth-order valence-electron chi connectivity index (χ4n) is 2.97. The van der Waals surface area contributed by atoms with Crippen LogP contribution in [0.25, 0.3) is 0 Å². The van der Waals surface area contributed by atoms with Crippen molar-refractivity contribution in [3.8, 4) is 11.8 Å². The number of phenols is 1. The van der Waals surface area contributed by atoms with Crippen LogP contribution >= 0.6 is 68.4 Å². The van der Waals surface area contributed by atoms with Gasteiger partial charge in [-0.3, -0.25) is 4.79 Å². The zero-order valence-corrected chi connectivity index (χ0v) is 21.3. The van der Waals surface area contributed by atoms with Crippen LogP contribution in [0.3, 0.4) is 0 Å². The quantitative estimate of drug-likeness (QED) is 0.242. The number of hydrogen-bond acceptors (Lipinski definition) is 3. The van der Waals surface area contributed by atoms with E-state index in [0.717, 1.165) is 14.7 Å². The Hall–Kier alpha value is 0.0964. The number of carbonyl (C=O) groups excluding carboxylic acids is 1. The molecule has 2 N–H and O–H groups in total. The second kappa shape index (κ2) is 12.0. The first-order valence-corrected chi connectivity index (χ1v) is 11.6. The first kappa shape index (κ1) is 27.3. The van der Waals surface area contributed by atoms with E-state index >= 15 is 0 Å². The first-order valence-electron chi connectivity index (χ1n) is 8.65. The molecule has 9 heteroatoms. The van der Waals surface area contributed by atoms with Crippen molar-refractivity contribution in [3.05, 3.63) is 88.0 Å². The summed E-state index contributed by atoms with van der Waals surface area (Å²) in [6.07, 6.45) is 0. The van der Waals surface area contributed by atoms with Crippen LogP contribution in [0.5, 0.6) is 5.75 Å². The molecule has 3 aromatic carbocycles. The molecule has 1 atom stereocenters. The third kappa shape index (κ3) is 6.58. The average molecular weight is 703 g/mol. The number of amides is 1. The molecule has 0 saturated carbocycles. The Bertz CT molecular complexity index is 1180. The molecule has 0 aliphatic rings. The van der Waals surface area contributed by atoms with Gasteiger partial charge in [0.1, 0.15) is 5.75 Å². The maximum atomic E-state index is 12.7. The molecule has 31 heavy (non-hydrogen) atoms. The molecule has 3 aromatic rings. The summed E-state index contributed by atoms with van der Waals surface area (Å²) in [5.41, 5.74) is 2.86. The molecule has 0 radical (unpaired) electrons. The summed E-state index contributed by atoms with van der Waals surface area (Å²) in [5.74, 6) is -1.08. The molecule has 0 aromatic heterocycles. The summed E-state index contributed by atoms with van der Waals surface area (Å²) in [6.45, 7) is 1.82. The number of rotatable bonds is 4. The Morgan fingerprint density at radius 3 is 2.39 bits per heavy atom. The number of benzene rings is 3. The Kier molecular flexibility index (Phi) is 10.6. The minimum absolute atomic E-state index is 0. The van der Waals surface area contributed by atoms with E-state index in [9.17, 15) is 15.2 Å². The maximum absolute atomic E-state index is 12.7. The molecule has 0 aliphatic carbocycles.